The van der Waals surface area contributed by atoms with E-state index in [2.05, 4.69) is 19.3 Å². The van der Waals surface area contributed by atoms with Crippen LogP contribution in [0.25, 0.3) is 11.0 Å². The molecule has 0 bridgehead atoms. The van der Waals surface area contributed by atoms with Crippen LogP contribution in [0.3, 0.4) is 0 Å². The highest BCUT2D eigenvalue weighted by Gasteiger charge is 2.14. The van der Waals surface area contributed by atoms with Crippen molar-refractivity contribution in [1.29, 1.82) is 0 Å². The van der Waals surface area contributed by atoms with Gasteiger partial charge in [0.05, 0.1) is 5.52 Å². The van der Waals surface area contributed by atoms with Gasteiger partial charge in [0.15, 0.2) is 5.82 Å². The van der Waals surface area contributed by atoms with Crippen molar-refractivity contribution in [2.24, 2.45) is 0 Å². The lowest BCUT2D eigenvalue weighted by molar-refractivity contribution is 0.126. The molecule has 2 heterocycles. The summed E-state index contributed by atoms with van der Waals surface area (Å²) in [6, 6.07) is 1.97. The summed E-state index contributed by atoms with van der Waals surface area (Å²) in [6.07, 6.45) is 1.62. The molecule has 23 heavy (non-hydrogen) atoms. The SMILES string of the molecule is CCOCc1nc2c(N)nc(C)cc2n1CCCCNS(=O)O. The van der Waals surface area contributed by atoms with Gasteiger partial charge in [-0.2, -0.15) is 0 Å². The van der Waals surface area contributed by atoms with E-state index in [-0.39, 0.29) is 0 Å². The van der Waals surface area contributed by atoms with Crippen molar-refractivity contribution in [2.45, 2.75) is 39.8 Å². The first-order valence-electron chi connectivity index (χ1n) is 7.57. The maximum absolute atomic E-state index is 10.6. The summed E-state index contributed by atoms with van der Waals surface area (Å²) in [6.45, 7) is 6.09. The number of ether oxygens (including phenoxy) is 1. The van der Waals surface area contributed by atoms with Crippen LogP contribution >= 0.6 is 0 Å². The van der Waals surface area contributed by atoms with Crippen LogP contribution in [0.2, 0.25) is 0 Å². The third-order valence-corrected chi connectivity index (χ3v) is 3.89. The molecule has 0 aliphatic heterocycles. The van der Waals surface area contributed by atoms with Crippen molar-refractivity contribution in [3.05, 3.63) is 17.6 Å². The van der Waals surface area contributed by atoms with Crippen molar-refractivity contribution >= 4 is 28.1 Å². The van der Waals surface area contributed by atoms with Crippen molar-refractivity contribution in [1.82, 2.24) is 19.3 Å². The molecule has 0 saturated heterocycles. The van der Waals surface area contributed by atoms with Crippen LogP contribution in [0.1, 0.15) is 31.3 Å². The van der Waals surface area contributed by atoms with Gasteiger partial charge < -0.3 is 15.0 Å². The zero-order valence-corrected chi connectivity index (χ0v) is 14.2. The summed E-state index contributed by atoms with van der Waals surface area (Å²) in [7, 11) is 0. The third kappa shape index (κ3) is 4.71. The minimum atomic E-state index is -1.96. The Bertz CT molecular complexity index is 689. The smallest absolute Gasteiger partial charge is 0.231 e. The summed E-state index contributed by atoms with van der Waals surface area (Å²) in [5.74, 6) is 1.24. The van der Waals surface area contributed by atoms with Gasteiger partial charge in [-0.25, -0.2) is 18.9 Å². The third-order valence-electron chi connectivity index (χ3n) is 3.44. The molecule has 4 N–H and O–H groups in total. The highest BCUT2D eigenvalue weighted by atomic mass is 32.2. The van der Waals surface area contributed by atoms with Gasteiger partial charge in [0.2, 0.25) is 11.3 Å². The van der Waals surface area contributed by atoms with E-state index in [0.29, 0.717) is 31.1 Å². The lowest BCUT2D eigenvalue weighted by Crippen LogP contribution is -2.18. The van der Waals surface area contributed by atoms with Crippen LogP contribution in [0.5, 0.6) is 0 Å². The van der Waals surface area contributed by atoms with Crippen molar-refractivity contribution in [2.75, 3.05) is 18.9 Å². The normalized spacial score (nSPS) is 12.8. The van der Waals surface area contributed by atoms with Crippen molar-refractivity contribution in [3.8, 4) is 0 Å². The predicted molar refractivity (Wildman–Crippen MR) is 90.0 cm³/mol. The Labute approximate surface area is 137 Å². The van der Waals surface area contributed by atoms with E-state index in [1.165, 1.54) is 0 Å². The topological polar surface area (TPSA) is 115 Å². The molecule has 0 aliphatic rings. The minimum absolute atomic E-state index is 0.419. The first-order valence-corrected chi connectivity index (χ1v) is 8.68. The van der Waals surface area contributed by atoms with Crippen molar-refractivity contribution in [3.63, 3.8) is 0 Å². The molecule has 0 fully saturated rings. The number of imidazole rings is 1. The van der Waals surface area contributed by atoms with Gasteiger partial charge >= 0.3 is 0 Å². The number of hydrogen-bond acceptors (Lipinski definition) is 5. The van der Waals surface area contributed by atoms with Crippen LogP contribution in [-0.4, -0.2) is 36.4 Å². The molecule has 8 nitrogen and oxygen atoms in total. The summed E-state index contributed by atoms with van der Waals surface area (Å²) < 4.78 is 29.3. The number of nitrogens with two attached hydrogens (primary N) is 1. The molecule has 1 atom stereocenters. The number of fused-ring (bicyclic) bond motifs is 1. The fourth-order valence-electron chi connectivity index (χ4n) is 2.43. The monoisotopic (exact) mass is 341 g/mol. The Balaban J connectivity index is 2.18. The molecule has 9 heteroatoms. The predicted octanol–water partition coefficient (Wildman–Crippen LogP) is 1.36. The molecule has 0 aliphatic carbocycles. The molecule has 0 amide bonds. The quantitative estimate of drug-likeness (QED) is 0.468. The number of nitrogen functional groups attached to an aromatic ring is 1. The summed E-state index contributed by atoms with van der Waals surface area (Å²) >= 11 is -1.96. The van der Waals surface area contributed by atoms with E-state index < -0.39 is 11.3 Å². The Morgan fingerprint density at radius 3 is 2.91 bits per heavy atom. The molecule has 128 valence electrons. The number of hydrogen-bond donors (Lipinski definition) is 3. The molecule has 0 spiro atoms. The average Bonchev–Trinajstić information content (AvgIpc) is 2.83. The van der Waals surface area contributed by atoms with E-state index in [1.54, 1.807) is 0 Å². The van der Waals surface area contributed by atoms with Gasteiger partial charge in [-0.3, -0.25) is 4.55 Å². The molecule has 0 aromatic carbocycles. The van der Waals surface area contributed by atoms with Gasteiger partial charge in [-0.1, -0.05) is 0 Å². The first-order chi connectivity index (χ1) is 11.0. The van der Waals surface area contributed by atoms with Crippen LogP contribution in [0.4, 0.5) is 5.82 Å². The molecule has 2 rings (SSSR count). The maximum atomic E-state index is 10.6. The molecular formula is C14H23N5O3S. The molecule has 1 unspecified atom stereocenters. The molecule has 0 saturated carbocycles. The Kier molecular flexibility index (Phi) is 6.46. The van der Waals surface area contributed by atoms with E-state index >= 15 is 0 Å². The lowest BCUT2D eigenvalue weighted by atomic mass is 10.3. The number of aryl methyl sites for hydroxylation is 2. The second kappa shape index (κ2) is 8.34. The van der Waals surface area contributed by atoms with Gasteiger partial charge in [-0.15, -0.1) is 0 Å². The Hall–Kier alpha value is -1.55. The fourth-order valence-corrected chi connectivity index (χ4v) is 2.75. The summed E-state index contributed by atoms with van der Waals surface area (Å²) in [4.78, 5) is 8.82. The van der Waals surface area contributed by atoms with Gasteiger partial charge in [0.1, 0.15) is 17.9 Å². The second-order valence-electron chi connectivity index (χ2n) is 5.18. The van der Waals surface area contributed by atoms with Crippen LogP contribution in [0, 0.1) is 6.92 Å². The molecule has 2 aromatic rings. The molecule has 2 aromatic heterocycles. The highest BCUT2D eigenvalue weighted by molar-refractivity contribution is 7.77. The Morgan fingerprint density at radius 1 is 1.43 bits per heavy atom. The van der Waals surface area contributed by atoms with Crippen LogP contribution in [0.15, 0.2) is 6.07 Å². The van der Waals surface area contributed by atoms with Gasteiger partial charge in [0, 0.05) is 25.4 Å². The summed E-state index contributed by atoms with van der Waals surface area (Å²) in [5.41, 5.74) is 8.46. The standard InChI is InChI=1S/C14H23N5O3S/c1-3-22-9-12-18-13-11(8-10(2)17-14(13)15)19(12)7-5-4-6-16-23(20)21/h8,16H,3-7,9H2,1-2H3,(H2,15,17)(H,20,21). The van der Waals surface area contributed by atoms with E-state index in [9.17, 15) is 4.21 Å². The number of nitrogens with one attached hydrogen (secondary N) is 1. The van der Waals surface area contributed by atoms with Crippen LogP contribution in [-0.2, 0) is 29.2 Å². The number of unbranched alkanes of at least 4 members (excludes halogenated alkanes) is 1. The number of rotatable bonds is 9. The van der Waals surface area contributed by atoms with Gasteiger partial charge in [-0.05, 0) is 32.8 Å². The zero-order chi connectivity index (χ0) is 16.8. The van der Waals surface area contributed by atoms with E-state index in [1.807, 2.05) is 19.9 Å². The zero-order valence-electron chi connectivity index (χ0n) is 13.4. The fraction of sp³-hybridized carbons (Fsp3) is 0.571. The summed E-state index contributed by atoms with van der Waals surface area (Å²) in [5, 5.41) is 0. The number of pyridine rings is 1. The number of aromatic nitrogens is 3. The van der Waals surface area contributed by atoms with E-state index in [0.717, 1.165) is 36.4 Å². The van der Waals surface area contributed by atoms with E-state index in [4.69, 9.17) is 15.0 Å². The maximum Gasteiger partial charge on any atom is 0.231 e. The second-order valence-corrected chi connectivity index (χ2v) is 5.97. The largest absolute Gasteiger partial charge is 0.382 e. The number of anilines is 1. The number of nitrogens with zero attached hydrogens (tertiary/aromatic N) is 3. The Morgan fingerprint density at radius 2 is 2.22 bits per heavy atom. The molecule has 0 radical (unpaired) electrons. The highest BCUT2D eigenvalue weighted by Crippen LogP contribution is 2.22. The average molecular weight is 341 g/mol. The van der Waals surface area contributed by atoms with Crippen LogP contribution < -0.4 is 10.5 Å². The first kappa shape index (κ1) is 17.8. The van der Waals surface area contributed by atoms with Gasteiger partial charge in [0.25, 0.3) is 0 Å². The van der Waals surface area contributed by atoms with Crippen molar-refractivity contribution < 1.29 is 13.5 Å². The molecular weight excluding hydrogens is 318 g/mol. The lowest BCUT2D eigenvalue weighted by Gasteiger charge is -2.09. The minimum Gasteiger partial charge on any atom is -0.382 e.